The highest BCUT2D eigenvalue weighted by Gasteiger charge is 2.32. The molecule has 0 radical (unpaired) electrons. The van der Waals surface area contributed by atoms with Gasteiger partial charge in [-0.05, 0) is 17.7 Å². The van der Waals surface area contributed by atoms with Crippen molar-refractivity contribution >= 4 is 39.1 Å². The van der Waals surface area contributed by atoms with Crippen molar-refractivity contribution in [3.63, 3.8) is 0 Å². The highest BCUT2D eigenvalue weighted by atomic mass is 79.9. The van der Waals surface area contributed by atoms with E-state index in [-0.39, 0.29) is 6.42 Å². The van der Waals surface area contributed by atoms with Crippen LogP contribution < -0.4 is 10.6 Å². The molecule has 2 amide bonds. The summed E-state index contributed by atoms with van der Waals surface area (Å²) in [6.07, 6.45) is -5.63. The molecular weight excluding hydrogens is 341 g/mol. The standard InChI is InChI=1S/C12H10BrF3N2O2/c13-7(5-12(14,15)16)6-1-2-8-9(3-6)18-11(20)4-10(19)17-8/h1-3,7H,4-5H2,(H,17,19)(H,18,20). The number of hydrogen-bond donors (Lipinski definition) is 2. The summed E-state index contributed by atoms with van der Waals surface area (Å²) in [7, 11) is 0. The van der Waals surface area contributed by atoms with Crippen molar-refractivity contribution in [2.45, 2.75) is 23.8 Å². The number of anilines is 2. The first-order chi connectivity index (χ1) is 9.24. The normalized spacial score (nSPS) is 16.8. The highest BCUT2D eigenvalue weighted by molar-refractivity contribution is 9.09. The summed E-state index contributed by atoms with van der Waals surface area (Å²) in [6, 6.07) is 4.37. The number of amides is 2. The number of carbonyl (C=O) groups excluding carboxylic acids is 2. The second kappa shape index (κ2) is 5.43. The van der Waals surface area contributed by atoms with Crippen LogP contribution in [-0.2, 0) is 9.59 Å². The predicted octanol–water partition coefficient (Wildman–Crippen LogP) is 3.36. The van der Waals surface area contributed by atoms with Crippen molar-refractivity contribution in [1.82, 2.24) is 0 Å². The van der Waals surface area contributed by atoms with Crippen LogP contribution in [0.3, 0.4) is 0 Å². The maximum absolute atomic E-state index is 12.4. The topological polar surface area (TPSA) is 58.2 Å². The van der Waals surface area contributed by atoms with Gasteiger partial charge >= 0.3 is 6.18 Å². The van der Waals surface area contributed by atoms with Crippen molar-refractivity contribution in [3.05, 3.63) is 23.8 Å². The average molecular weight is 351 g/mol. The third-order valence-electron chi connectivity index (χ3n) is 2.69. The maximum atomic E-state index is 12.4. The Kier molecular flexibility index (Phi) is 4.03. The fraction of sp³-hybridized carbons (Fsp3) is 0.333. The minimum absolute atomic E-state index is 0.296. The molecule has 8 heteroatoms. The van der Waals surface area contributed by atoms with E-state index < -0.39 is 29.2 Å². The van der Waals surface area contributed by atoms with Crippen molar-refractivity contribution in [2.75, 3.05) is 10.6 Å². The van der Waals surface area contributed by atoms with Gasteiger partial charge in [-0.25, -0.2) is 0 Å². The quantitative estimate of drug-likeness (QED) is 0.634. The van der Waals surface area contributed by atoms with Crippen molar-refractivity contribution < 1.29 is 22.8 Å². The van der Waals surface area contributed by atoms with E-state index in [0.717, 1.165) is 0 Å². The first-order valence-electron chi connectivity index (χ1n) is 5.69. The molecule has 0 spiro atoms. The number of hydrogen-bond acceptors (Lipinski definition) is 2. The van der Waals surface area contributed by atoms with Gasteiger partial charge in [0.2, 0.25) is 11.8 Å². The minimum Gasteiger partial charge on any atom is -0.324 e. The molecule has 0 aliphatic carbocycles. The molecule has 1 aliphatic rings. The third kappa shape index (κ3) is 3.72. The Morgan fingerprint density at radius 2 is 1.75 bits per heavy atom. The van der Waals surface area contributed by atoms with Gasteiger partial charge < -0.3 is 10.6 Å². The van der Waals surface area contributed by atoms with Crippen LogP contribution in [0.2, 0.25) is 0 Å². The van der Waals surface area contributed by atoms with Gasteiger partial charge in [0.25, 0.3) is 0 Å². The molecule has 1 heterocycles. The first kappa shape index (κ1) is 14.8. The molecule has 1 unspecified atom stereocenters. The van der Waals surface area contributed by atoms with Gasteiger partial charge in [0.05, 0.1) is 17.8 Å². The minimum atomic E-state index is -4.29. The Balaban J connectivity index is 2.27. The lowest BCUT2D eigenvalue weighted by atomic mass is 10.1. The smallest absolute Gasteiger partial charge is 0.324 e. The van der Waals surface area contributed by atoms with E-state index in [0.29, 0.717) is 16.9 Å². The number of nitrogens with one attached hydrogen (secondary N) is 2. The van der Waals surface area contributed by atoms with Gasteiger partial charge in [0, 0.05) is 4.83 Å². The van der Waals surface area contributed by atoms with Crippen molar-refractivity contribution in [3.8, 4) is 0 Å². The Bertz CT molecular complexity index is 560. The zero-order chi connectivity index (χ0) is 14.9. The molecule has 4 nitrogen and oxygen atoms in total. The number of carbonyl (C=O) groups is 2. The lowest BCUT2D eigenvalue weighted by Crippen LogP contribution is -2.16. The van der Waals surface area contributed by atoms with Crippen LogP contribution in [0.4, 0.5) is 24.5 Å². The van der Waals surface area contributed by atoms with Crippen LogP contribution in [0.5, 0.6) is 0 Å². The van der Waals surface area contributed by atoms with Gasteiger partial charge in [-0.3, -0.25) is 9.59 Å². The van der Waals surface area contributed by atoms with E-state index in [4.69, 9.17) is 0 Å². The summed E-state index contributed by atoms with van der Waals surface area (Å²) < 4.78 is 37.1. The molecule has 0 fully saturated rings. The van der Waals surface area contributed by atoms with Crippen molar-refractivity contribution in [1.29, 1.82) is 0 Å². The monoisotopic (exact) mass is 350 g/mol. The van der Waals surface area contributed by atoms with E-state index in [1.165, 1.54) is 18.2 Å². The van der Waals surface area contributed by atoms with Crippen LogP contribution in [0.25, 0.3) is 0 Å². The molecule has 2 N–H and O–H groups in total. The fourth-order valence-corrected chi connectivity index (χ4v) is 2.48. The third-order valence-corrected chi connectivity index (χ3v) is 3.54. The molecule has 0 saturated carbocycles. The SMILES string of the molecule is O=C1CC(=O)Nc2cc(C(Br)CC(F)(F)F)ccc2N1. The maximum Gasteiger partial charge on any atom is 0.390 e. The Labute approximate surface area is 120 Å². The van der Waals surface area contributed by atoms with Crippen LogP contribution in [-0.4, -0.2) is 18.0 Å². The zero-order valence-electron chi connectivity index (χ0n) is 10.1. The van der Waals surface area contributed by atoms with Crippen LogP contribution in [0.15, 0.2) is 18.2 Å². The summed E-state index contributed by atoms with van der Waals surface area (Å²) in [5.41, 5.74) is 1.04. The summed E-state index contributed by atoms with van der Waals surface area (Å²) in [4.78, 5) is 21.8. The number of benzene rings is 1. The van der Waals surface area contributed by atoms with E-state index in [9.17, 15) is 22.8 Å². The van der Waals surface area contributed by atoms with Crippen LogP contribution in [0.1, 0.15) is 23.2 Å². The zero-order valence-corrected chi connectivity index (χ0v) is 11.6. The van der Waals surface area contributed by atoms with E-state index >= 15 is 0 Å². The summed E-state index contributed by atoms with van der Waals surface area (Å²) >= 11 is 2.98. The molecule has 2 rings (SSSR count). The molecule has 1 aliphatic heterocycles. The second-order valence-corrected chi connectivity index (χ2v) is 5.47. The Hall–Kier alpha value is -1.57. The molecule has 20 heavy (non-hydrogen) atoms. The van der Waals surface area contributed by atoms with Gasteiger partial charge in [0.15, 0.2) is 0 Å². The molecule has 1 aromatic rings. The molecule has 0 bridgehead atoms. The second-order valence-electron chi connectivity index (χ2n) is 4.36. The molecule has 108 valence electrons. The largest absolute Gasteiger partial charge is 0.390 e. The summed E-state index contributed by atoms with van der Waals surface area (Å²) in [6.45, 7) is 0. The number of halogens is 4. The lowest BCUT2D eigenvalue weighted by Gasteiger charge is -2.15. The first-order valence-corrected chi connectivity index (χ1v) is 6.60. The Morgan fingerprint density at radius 1 is 1.15 bits per heavy atom. The summed E-state index contributed by atoms with van der Waals surface area (Å²) in [5.74, 6) is -0.958. The highest BCUT2D eigenvalue weighted by Crippen LogP contribution is 2.38. The van der Waals surface area contributed by atoms with E-state index in [1.54, 1.807) is 0 Å². The van der Waals surface area contributed by atoms with E-state index in [1.807, 2.05) is 0 Å². The lowest BCUT2D eigenvalue weighted by molar-refractivity contribution is -0.134. The molecule has 0 saturated heterocycles. The fourth-order valence-electron chi connectivity index (χ4n) is 1.82. The number of fused-ring (bicyclic) bond motifs is 1. The molecular formula is C12H10BrF3N2O2. The van der Waals surface area contributed by atoms with Gasteiger partial charge in [-0.15, -0.1) is 0 Å². The van der Waals surface area contributed by atoms with E-state index in [2.05, 4.69) is 26.6 Å². The summed E-state index contributed by atoms with van der Waals surface area (Å²) in [5, 5.41) is 4.99. The van der Waals surface area contributed by atoms with Gasteiger partial charge in [-0.2, -0.15) is 13.2 Å². The molecule has 1 aromatic carbocycles. The van der Waals surface area contributed by atoms with Gasteiger partial charge in [-0.1, -0.05) is 22.0 Å². The molecule has 1 atom stereocenters. The van der Waals surface area contributed by atoms with Crippen molar-refractivity contribution in [2.24, 2.45) is 0 Å². The van der Waals surface area contributed by atoms with Crippen LogP contribution >= 0.6 is 15.9 Å². The van der Waals surface area contributed by atoms with Gasteiger partial charge in [0.1, 0.15) is 6.42 Å². The molecule has 0 aromatic heterocycles. The van der Waals surface area contributed by atoms with Crippen LogP contribution in [0, 0.1) is 0 Å². The predicted molar refractivity (Wildman–Crippen MR) is 70.7 cm³/mol. The average Bonchev–Trinajstić information content (AvgIpc) is 2.42. The number of alkyl halides is 4. The Morgan fingerprint density at radius 3 is 2.35 bits per heavy atom. The number of rotatable bonds is 2.